The molecule has 3 nitrogen and oxygen atoms in total. The van der Waals surface area contributed by atoms with Crippen molar-refractivity contribution >= 4 is 17.6 Å². The normalized spacial score (nSPS) is 10.5. The Morgan fingerprint density at radius 3 is 3.07 bits per heavy atom. The molecule has 4 heteroatoms. The van der Waals surface area contributed by atoms with Gasteiger partial charge in [-0.15, -0.1) is 11.3 Å². The quantitative estimate of drug-likeness (QED) is 0.804. The Morgan fingerprint density at radius 1 is 1.53 bits per heavy atom. The van der Waals surface area contributed by atoms with Crippen LogP contribution in [-0.4, -0.2) is 16.5 Å². The van der Waals surface area contributed by atoms with E-state index in [0.29, 0.717) is 5.56 Å². The van der Waals surface area contributed by atoms with Gasteiger partial charge in [0.1, 0.15) is 0 Å². The van der Waals surface area contributed by atoms with E-state index in [1.807, 2.05) is 13.0 Å². The molecule has 0 aromatic carbocycles. The van der Waals surface area contributed by atoms with Gasteiger partial charge in [-0.1, -0.05) is 6.07 Å². The second-order valence-corrected chi connectivity index (χ2v) is 4.44. The lowest BCUT2D eigenvalue weighted by atomic mass is 10.1. The van der Waals surface area contributed by atoms with Crippen molar-refractivity contribution in [3.63, 3.8) is 0 Å². The summed E-state index contributed by atoms with van der Waals surface area (Å²) in [6.07, 6.45) is 2.64. The molecule has 78 valence electrons. The van der Waals surface area contributed by atoms with Crippen molar-refractivity contribution in [1.29, 1.82) is 0 Å². The van der Waals surface area contributed by atoms with Crippen LogP contribution in [0, 0.1) is 6.92 Å². The number of aldehydes is 1. The number of hydrogen-bond acceptors (Lipinski definition) is 3. The lowest BCUT2D eigenvalue weighted by Crippen LogP contribution is -1.94. The number of nitrogens with zero attached hydrogens (tertiary/aromatic N) is 1. The molecular formula is C11H12N2OS. The van der Waals surface area contributed by atoms with Crippen molar-refractivity contribution in [2.45, 2.75) is 19.8 Å². The second-order valence-electron chi connectivity index (χ2n) is 3.41. The summed E-state index contributed by atoms with van der Waals surface area (Å²) in [6, 6.07) is 4.14. The molecule has 0 fully saturated rings. The number of hydrogen-bond donors (Lipinski definition) is 1. The maximum Gasteiger partial charge on any atom is 0.153 e. The van der Waals surface area contributed by atoms with E-state index in [4.69, 9.17) is 0 Å². The zero-order valence-corrected chi connectivity index (χ0v) is 9.30. The van der Waals surface area contributed by atoms with Gasteiger partial charge in [-0.2, -0.15) is 5.10 Å². The summed E-state index contributed by atoms with van der Waals surface area (Å²) in [5.74, 6) is 0. The van der Waals surface area contributed by atoms with E-state index in [1.54, 1.807) is 11.3 Å². The van der Waals surface area contributed by atoms with Crippen LogP contribution >= 0.6 is 11.3 Å². The van der Waals surface area contributed by atoms with Gasteiger partial charge in [0.15, 0.2) is 6.29 Å². The van der Waals surface area contributed by atoms with E-state index in [-0.39, 0.29) is 0 Å². The van der Waals surface area contributed by atoms with Crippen molar-refractivity contribution < 1.29 is 4.79 Å². The number of nitrogens with one attached hydrogen (secondary N) is 1. The first kappa shape index (κ1) is 10.1. The zero-order chi connectivity index (χ0) is 10.7. The number of rotatable bonds is 4. The van der Waals surface area contributed by atoms with Gasteiger partial charge in [0.05, 0.1) is 11.3 Å². The summed E-state index contributed by atoms with van der Waals surface area (Å²) >= 11 is 1.74. The van der Waals surface area contributed by atoms with E-state index in [2.05, 4.69) is 21.6 Å². The summed E-state index contributed by atoms with van der Waals surface area (Å²) < 4.78 is 0. The Bertz CT molecular complexity index is 445. The number of aryl methyl sites for hydroxylation is 3. The minimum absolute atomic E-state index is 0.714. The predicted molar refractivity (Wildman–Crippen MR) is 60.4 cm³/mol. The highest BCUT2D eigenvalue weighted by Gasteiger charge is 2.09. The first-order valence-electron chi connectivity index (χ1n) is 4.82. The molecule has 0 atom stereocenters. The van der Waals surface area contributed by atoms with Crippen LogP contribution in [0.2, 0.25) is 0 Å². The van der Waals surface area contributed by atoms with E-state index in [1.165, 1.54) is 4.88 Å². The topological polar surface area (TPSA) is 45.8 Å². The molecule has 0 aliphatic heterocycles. The van der Waals surface area contributed by atoms with Gasteiger partial charge >= 0.3 is 0 Å². The fourth-order valence-electron chi connectivity index (χ4n) is 1.53. The fraction of sp³-hybridized carbons (Fsp3) is 0.273. The molecular weight excluding hydrogens is 208 g/mol. The Kier molecular flexibility index (Phi) is 2.97. The molecule has 2 heterocycles. The zero-order valence-electron chi connectivity index (χ0n) is 8.49. The van der Waals surface area contributed by atoms with Gasteiger partial charge < -0.3 is 0 Å². The molecule has 0 unspecified atom stereocenters. The van der Waals surface area contributed by atoms with Crippen molar-refractivity contribution in [1.82, 2.24) is 10.2 Å². The molecule has 0 aliphatic carbocycles. The van der Waals surface area contributed by atoms with Crippen molar-refractivity contribution in [2.24, 2.45) is 0 Å². The molecule has 2 aromatic rings. The van der Waals surface area contributed by atoms with Gasteiger partial charge in [0, 0.05) is 10.6 Å². The van der Waals surface area contributed by atoms with E-state index in [0.717, 1.165) is 30.5 Å². The molecule has 0 saturated heterocycles. The highest BCUT2D eigenvalue weighted by molar-refractivity contribution is 7.09. The number of H-pyrrole nitrogens is 1. The SMILES string of the molecule is Cc1[nH]nc(CCc2cccs2)c1C=O. The Balaban J connectivity index is 2.08. The number of thiophene rings is 1. The minimum Gasteiger partial charge on any atom is -0.298 e. The monoisotopic (exact) mass is 220 g/mol. The van der Waals surface area contributed by atoms with E-state index in [9.17, 15) is 4.79 Å². The molecule has 1 N–H and O–H groups in total. The van der Waals surface area contributed by atoms with Crippen LogP contribution in [0.15, 0.2) is 17.5 Å². The summed E-state index contributed by atoms with van der Waals surface area (Å²) in [4.78, 5) is 12.1. The van der Waals surface area contributed by atoms with Gasteiger partial charge in [0.25, 0.3) is 0 Å². The van der Waals surface area contributed by atoms with E-state index >= 15 is 0 Å². The van der Waals surface area contributed by atoms with Crippen LogP contribution in [-0.2, 0) is 12.8 Å². The third-order valence-corrected chi connectivity index (χ3v) is 3.32. The molecule has 2 aromatic heterocycles. The molecule has 0 saturated carbocycles. The average molecular weight is 220 g/mol. The second kappa shape index (κ2) is 4.40. The number of carbonyl (C=O) groups excluding carboxylic acids is 1. The van der Waals surface area contributed by atoms with E-state index < -0.39 is 0 Å². The van der Waals surface area contributed by atoms with Crippen LogP contribution in [0.4, 0.5) is 0 Å². The largest absolute Gasteiger partial charge is 0.298 e. The van der Waals surface area contributed by atoms with Crippen LogP contribution < -0.4 is 0 Å². The number of carbonyl (C=O) groups is 1. The Labute approximate surface area is 92.1 Å². The third-order valence-electron chi connectivity index (χ3n) is 2.38. The van der Waals surface area contributed by atoms with Crippen LogP contribution in [0.1, 0.15) is 26.6 Å². The fourth-order valence-corrected chi connectivity index (χ4v) is 2.24. The Morgan fingerprint density at radius 2 is 2.40 bits per heavy atom. The van der Waals surface area contributed by atoms with Crippen LogP contribution in [0.3, 0.4) is 0 Å². The smallest absolute Gasteiger partial charge is 0.153 e. The first-order chi connectivity index (χ1) is 7.31. The maximum absolute atomic E-state index is 10.8. The summed E-state index contributed by atoms with van der Waals surface area (Å²) in [5, 5.41) is 9.04. The lowest BCUT2D eigenvalue weighted by molar-refractivity contribution is 0.112. The summed E-state index contributed by atoms with van der Waals surface area (Å²) in [7, 11) is 0. The molecule has 0 aliphatic rings. The van der Waals surface area contributed by atoms with Gasteiger partial charge in [-0.3, -0.25) is 9.89 Å². The predicted octanol–water partition coefficient (Wildman–Crippen LogP) is 2.38. The molecule has 2 rings (SSSR count). The molecule has 0 bridgehead atoms. The number of aromatic amines is 1. The Hall–Kier alpha value is -1.42. The summed E-state index contributed by atoms with van der Waals surface area (Å²) in [6.45, 7) is 1.87. The molecule has 15 heavy (non-hydrogen) atoms. The lowest BCUT2D eigenvalue weighted by Gasteiger charge is -1.95. The third kappa shape index (κ3) is 2.15. The summed E-state index contributed by atoms with van der Waals surface area (Å²) in [5.41, 5.74) is 2.44. The standard InChI is InChI=1S/C11H12N2OS/c1-8-10(7-14)11(13-12-8)5-4-9-3-2-6-15-9/h2-3,6-7H,4-5H2,1H3,(H,12,13). The van der Waals surface area contributed by atoms with Crippen LogP contribution in [0.5, 0.6) is 0 Å². The number of aromatic nitrogens is 2. The van der Waals surface area contributed by atoms with Crippen LogP contribution in [0.25, 0.3) is 0 Å². The van der Waals surface area contributed by atoms with Gasteiger partial charge in [-0.25, -0.2) is 0 Å². The highest BCUT2D eigenvalue weighted by atomic mass is 32.1. The highest BCUT2D eigenvalue weighted by Crippen LogP contribution is 2.14. The maximum atomic E-state index is 10.8. The van der Waals surface area contributed by atoms with Crippen molar-refractivity contribution in [3.8, 4) is 0 Å². The minimum atomic E-state index is 0.714. The van der Waals surface area contributed by atoms with Crippen molar-refractivity contribution in [3.05, 3.63) is 39.3 Å². The van der Waals surface area contributed by atoms with Gasteiger partial charge in [0.2, 0.25) is 0 Å². The molecule has 0 spiro atoms. The molecule has 0 amide bonds. The molecule has 0 radical (unpaired) electrons. The first-order valence-corrected chi connectivity index (χ1v) is 5.70. The van der Waals surface area contributed by atoms with Gasteiger partial charge in [-0.05, 0) is 31.2 Å². The average Bonchev–Trinajstić information content (AvgIpc) is 2.84. The van der Waals surface area contributed by atoms with Crippen molar-refractivity contribution in [2.75, 3.05) is 0 Å².